The number of para-hydroxylation sites is 1. The zero-order valence-corrected chi connectivity index (χ0v) is 25.2. The minimum absolute atomic E-state index is 0.0235. The molecule has 0 aliphatic carbocycles. The molecule has 1 unspecified atom stereocenters. The van der Waals surface area contributed by atoms with Gasteiger partial charge in [0.2, 0.25) is 5.91 Å². The van der Waals surface area contributed by atoms with Crippen LogP contribution in [0.25, 0.3) is 21.7 Å². The van der Waals surface area contributed by atoms with E-state index in [9.17, 15) is 18.0 Å². The van der Waals surface area contributed by atoms with E-state index in [1.165, 1.54) is 30.2 Å². The lowest BCUT2D eigenvalue weighted by Gasteiger charge is -2.37. The van der Waals surface area contributed by atoms with Gasteiger partial charge in [0, 0.05) is 18.3 Å². The monoisotopic (exact) mass is 623 g/mol. The lowest BCUT2D eigenvalue weighted by Crippen LogP contribution is -2.55. The maximum absolute atomic E-state index is 15.6. The van der Waals surface area contributed by atoms with Gasteiger partial charge in [-0.25, -0.2) is 12.8 Å². The Morgan fingerprint density at radius 3 is 2.63 bits per heavy atom. The van der Waals surface area contributed by atoms with Crippen molar-refractivity contribution in [2.75, 3.05) is 31.7 Å². The number of rotatable bonds is 10. The van der Waals surface area contributed by atoms with Gasteiger partial charge in [0.25, 0.3) is 10.0 Å². The van der Waals surface area contributed by atoms with E-state index in [-0.39, 0.29) is 29.5 Å². The van der Waals surface area contributed by atoms with Gasteiger partial charge in [-0.1, -0.05) is 30.3 Å². The SMILES string of the molecule is CCOC(=O)CN(C1CCCN(c2ccc(-c3ccccc3OC)cc2F)C1=O)S(=O)(=O)c1ccc(-c2ccccn2)s1. The van der Waals surface area contributed by atoms with Crippen LogP contribution in [-0.4, -0.2) is 62.4 Å². The van der Waals surface area contributed by atoms with E-state index in [4.69, 9.17) is 9.47 Å². The molecule has 1 fully saturated rings. The fourth-order valence-electron chi connectivity index (χ4n) is 5.06. The Morgan fingerprint density at radius 2 is 1.91 bits per heavy atom. The van der Waals surface area contributed by atoms with Crippen molar-refractivity contribution in [3.05, 3.63) is 84.8 Å². The molecule has 0 spiro atoms. The standard InChI is InChI=1S/C31H30FN3O6S2/c1-3-41-29(36)20-35(43(38,39)30-16-15-28(42-30)24-10-6-7-17-33-24)26-11-8-18-34(31(26)37)25-14-13-21(19-23(25)32)22-9-4-5-12-27(22)40-2/h4-7,9-10,12-17,19,26H,3,8,11,18,20H2,1-2H3. The first-order valence-electron chi connectivity index (χ1n) is 13.7. The molecule has 2 aromatic carbocycles. The summed E-state index contributed by atoms with van der Waals surface area (Å²) in [6.45, 7) is 1.19. The maximum atomic E-state index is 15.6. The van der Waals surface area contributed by atoms with Crippen molar-refractivity contribution >= 4 is 38.9 Å². The number of piperidine rings is 1. The molecule has 1 amide bonds. The smallest absolute Gasteiger partial charge is 0.321 e. The largest absolute Gasteiger partial charge is 0.496 e. The first kappa shape index (κ1) is 30.3. The summed E-state index contributed by atoms with van der Waals surface area (Å²) in [6, 6.07) is 18.8. The molecular weight excluding hydrogens is 593 g/mol. The normalized spacial score (nSPS) is 15.5. The zero-order valence-electron chi connectivity index (χ0n) is 23.6. The molecule has 0 bridgehead atoms. The highest BCUT2D eigenvalue weighted by molar-refractivity contribution is 7.91. The summed E-state index contributed by atoms with van der Waals surface area (Å²) in [6.07, 6.45) is 2.16. The van der Waals surface area contributed by atoms with Gasteiger partial charge in [-0.2, -0.15) is 4.31 Å². The number of pyridine rings is 1. The first-order chi connectivity index (χ1) is 20.7. The second kappa shape index (κ2) is 13.0. The number of benzene rings is 2. The van der Waals surface area contributed by atoms with E-state index in [1.54, 1.807) is 55.6 Å². The summed E-state index contributed by atoms with van der Waals surface area (Å²) in [5.74, 6) is -1.48. The molecule has 0 N–H and O–H groups in total. The van der Waals surface area contributed by atoms with Crippen molar-refractivity contribution in [1.82, 2.24) is 9.29 Å². The molecule has 0 radical (unpaired) electrons. The first-order valence-corrected chi connectivity index (χ1v) is 15.9. The molecule has 5 rings (SSSR count). The molecule has 0 saturated carbocycles. The van der Waals surface area contributed by atoms with E-state index < -0.39 is 40.3 Å². The van der Waals surface area contributed by atoms with Gasteiger partial charge in [0.15, 0.2) is 0 Å². The number of amides is 1. The Hall–Kier alpha value is -4.13. The third-order valence-corrected chi connectivity index (χ3v) is 10.5. The van der Waals surface area contributed by atoms with Crippen LogP contribution in [0.5, 0.6) is 5.75 Å². The number of anilines is 1. The molecule has 2 aromatic heterocycles. The topological polar surface area (TPSA) is 106 Å². The van der Waals surface area contributed by atoms with Gasteiger partial charge < -0.3 is 14.4 Å². The van der Waals surface area contributed by atoms with Crippen molar-refractivity contribution in [3.63, 3.8) is 0 Å². The summed E-state index contributed by atoms with van der Waals surface area (Å²) in [5, 5.41) is 0. The van der Waals surface area contributed by atoms with Crippen molar-refractivity contribution in [1.29, 1.82) is 0 Å². The van der Waals surface area contributed by atoms with Crippen LogP contribution in [0, 0.1) is 5.82 Å². The van der Waals surface area contributed by atoms with Gasteiger partial charge in [-0.3, -0.25) is 14.6 Å². The van der Waals surface area contributed by atoms with E-state index in [2.05, 4.69) is 4.98 Å². The average Bonchev–Trinajstić information content (AvgIpc) is 3.53. The number of aromatic nitrogens is 1. The number of carbonyl (C=O) groups is 2. The van der Waals surface area contributed by atoms with Crippen LogP contribution in [0.1, 0.15) is 19.8 Å². The molecule has 224 valence electrons. The predicted octanol–water partition coefficient (Wildman–Crippen LogP) is 5.37. The molecule has 9 nitrogen and oxygen atoms in total. The predicted molar refractivity (Wildman–Crippen MR) is 162 cm³/mol. The highest BCUT2D eigenvalue weighted by Gasteiger charge is 2.42. The summed E-state index contributed by atoms with van der Waals surface area (Å²) in [4.78, 5) is 32.6. The number of esters is 1. The second-order valence-electron chi connectivity index (χ2n) is 9.70. The van der Waals surface area contributed by atoms with E-state index in [0.717, 1.165) is 15.6 Å². The molecule has 1 aliphatic heterocycles. The molecule has 1 saturated heterocycles. The molecule has 43 heavy (non-hydrogen) atoms. The number of hydrogen-bond donors (Lipinski definition) is 0. The minimum Gasteiger partial charge on any atom is -0.496 e. The van der Waals surface area contributed by atoms with E-state index >= 15 is 4.39 Å². The third-order valence-electron chi connectivity index (χ3n) is 7.07. The van der Waals surface area contributed by atoms with Crippen LogP contribution in [-0.2, 0) is 24.3 Å². The van der Waals surface area contributed by atoms with Gasteiger partial charge in [-0.15, -0.1) is 11.3 Å². The lowest BCUT2D eigenvalue weighted by atomic mass is 10.0. The van der Waals surface area contributed by atoms with Gasteiger partial charge in [-0.05, 0) is 67.8 Å². The summed E-state index contributed by atoms with van der Waals surface area (Å²) in [7, 11) is -2.80. The maximum Gasteiger partial charge on any atom is 0.321 e. The van der Waals surface area contributed by atoms with Crippen molar-refractivity contribution in [2.45, 2.75) is 30.0 Å². The number of sulfonamides is 1. The Morgan fingerprint density at radius 1 is 1.12 bits per heavy atom. The van der Waals surface area contributed by atoms with Crippen molar-refractivity contribution in [3.8, 4) is 27.4 Å². The van der Waals surface area contributed by atoms with Gasteiger partial charge in [0.1, 0.15) is 28.4 Å². The number of thiophene rings is 1. The Bertz CT molecular complexity index is 1730. The molecule has 1 atom stereocenters. The van der Waals surface area contributed by atoms with Crippen LogP contribution in [0.3, 0.4) is 0 Å². The fraction of sp³-hybridized carbons (Fsp3) is 0.258. The number of ether oxygens (including phenoxy) is 2. The number of hydrogen-bond acceptors (Lipinski definition) is 8. The average molecular weight is 624 g/mol. The van der Waals surface area contributed by atoms with Crippen LogP contribution in [0.4, 0.5) is 10.1 Å². The highest BCUT2D eigenvalue weighted by atomic mass is 32.2. The molecule has 12 heteroatoms. The lowest BCUT2D eigenvalue weighted by molar-refractivity contribution is -0.144. The second-order valence-corrected chi connectivity index (χ2v) is 12.9. The zero-order chi connectivity index (χ0) is 30.6. The Balaban J connectivity index is 1.47. The Kier molecular flexibility index (Phi) is 9.19. The molecular formula is C31H30FN3O6S2. The Labute approximate surface area is 253 Å². The van der Waals surface area contributed by atoms with Gasteiger partial charge in [0.05, 0.1) is 30.0 Å². The summed E-state index contributed by atoms with van der Waals surface area (Å²) in [5.41, 5.74) is 1.87. The van der Waals surface area contributed by atoms with E-state index in [0.29, 0.717) is 33.9 Å². The number of nitrogens with zero attached hydrogens (tertiary/aromatic N) is 3. The van der Waals surface area contributed by atoms with E-state index in [1.807, 2.05) is 12.1 Å². The van der Waals surface area contributed by atoms with Crippen LogP contribution in [0.2, 0.25) is 0 Å². The minimum atomic E-state index is -4.33. The van der Waals surface area contributed by atoms with Crippen LogP contribution < -0.4 is 9.64 Å². The van der Waals surface area contributed by atoms with Crippen LogP contribution in [0.15, 0.2) is 83.2 Å². The number of carbonyl (C=O) groups excluding carboxylic acids is 2. The third kappa shape index (κ3) is 6.31. The van der Waals surface area contributed by atoms with Gasteiger partial charge >= 0.3 is 5.97 Å². The quantitative estimate of drug-likeness (QED) is 0.219. The molecule has 3 heterocycles. The highest BCUT2D eigenvalue weighted by Crippen LogP contribution is 2.36. The number of methoxy groups -OCH3 is 1. The van der Waals surface area contributed by atoms with Crippen molar-refractivity contribution < 1.29 is 31.9 Å². The fourth-order valence-corrected chi connectivity index (χ4v) is 8.03. The van der Waals surface area contributed by atoms with Crippen LogP contribution >= 0.6 is 11.3 Å². The summed E-state index contributed by atoms with van der Waals surface area (Å²) < 4.78 is 54.9. The molecule has 1 aliphatic rings. The number of halogens is 1. The van der Waals surface area contributed by atoms with Crippen molar-refractivity contribution in [2.24, 2.45) is 0 Å². The summed E-state index contributed by atoms with van der Waals surface area (Å²) >= 11 is 0.990. The molecule has 4 aromatic rings.